The number of hydrazone groups is 1. The molecule has 0 N–H and O–H groups in total. The number of benzene rings is 2. The topological polar surface area (TPSA) is 39.2 Å². The number of fused-ring (bicyclic) bond motifs is 1. The second kappa shape index (κ2) is 8.15. The fraction of sp³-hybridized carbons (Fsp3) is 0.391. The van der Waals surface area contributed by atoms with Crippen molar-refractivity contribution in [3.8, 4) is 0 Å². The Labute approximate surface area is 167 Å². The number of nitrogens with zero attached hydrogens (tertiary/aromatic N) is 4. The second-order valence-corrected chi connectivity index (χ2v) is 7.94. The standard InChI is InChI=1S/C23H28N4O/c1-25(2)24-22-20-10-6-7-11-21(20)27(23(22)28)17-26-14-12-19(13-15-26)16-18-8-4-3-5-9-18/h3-11,19H,12-17H2,1-2H3. The monoisotopic (exact) mass is 376 g/mol. The van der Waals surface area contributed by atoms with Crippen molar-refractivity contribution in [2.75, 3.05) is 38.8 Å². The lowest BCUT2D eigenvalue weighted by Gasteiger charge is -2.34. The van der Waals surface area contributed by atoms with Gasteiger partial charge in [0.2, 0.25) is 0 Å². The van der Waals surface area contributed by atoms with Crippen LogP contribution in [0.5, 0.6) is 0 Å². The van der Waals surface area contributed by atoms with Crippen LogP contribution >= 0.6 is 0 Å². The van der Waals surface area contributed by atoms with Crippen LogP contribution in [0, 0.1) is 5.92 Å². The number of rotatable bonds is 5. The van der Waals surface area contributed by atoms with Gasteiger partial charge in [-0.05, 0) is 36.8 Å². The zero-order chi connectivity index (χ0) is 19.5. The van der Waals surface area contributed by atoms with E-state index in [1.54, 1.807) is 5.01 Å². The average molecular weight is 377 g/mol. The molecule has 0 saturated carbocycles. The van der Waals surface area contributed by atoms with Crippen LogP contribution in [0.25, 0.3) is 0 Å². The summed E-state index contributed by atoms with van der Waals surface area (Å²) in [6.45, 7) is 2.70. The highest BCUT2D eigenvalue weighted by Crippen LogP contribution is 2.30. The Hall–Kier alpha value is -2.66. The molecule has 0 unspecified atom stereocenters. The predicted octanol–water partition coefficient (Wildman–Crippen LogP) is 3.21. The molecule has 0 bridgehead atoms. The minimum absolute atomic E-state index is 0.00121. The number of amides is 1. The maximum absolute atomic E-state index is 13.0. The predicted molar refractivity (Wildman–Crippen MR) is 113 cm³/mol. The number of piperidine rings is 1. The van der Waals surface area contributed by atoms with Crippen molar-refractivity contribution in [3.63, 3.8) is 0 Å². The molecule has 5 heteroatoms. The third-order valence-electron chi connectivity index (χ3n) is 5.61. The fourth-order valence-electron chi connectivity index (χ4n) is 4.18. The molecular formula is C23H28N4O. The van der Waals surface area contributed by atoms with E-state index in [2.05, 4.69) is 40.3 Å². The van der Waals surface area contributed by atoms with E-state index in [1.807, 2.05) is 43.3 Å². The van der Waals surface area contributed by atoms with Gasteiger partial charge in [0.25, 0.3) is 5.91 Å². The normalized spacial score (nSPS) is 19.3. The van der Waals surface area contributed by atoms with Crippen LogP contribution in [0.1, 0.15) is 24.0 Å². The van der Waals surface area contributed by atoms with Crippen LogP contribution in [0.4, 0.5) is 5.69 Å². The number of hydrogen-bond donors (Lipinski definition) is 0. The number of carbonyl (C=O) groups is 1. The van der Waals surface area contributed by atoms with Gasteiger partial charge in [-0.15, -0.1) is 0 Å². The molecule has 2 heterocycles. The number of likely N-dealkylation sites (tertiary alicyclic amines) is 1. The molecule has 1 saturated heterocycles. The molecular weight excluding hydrogens is 348 g/mol. The summed E-state index contributed by atoms with van der Waals surface area (Å²) in [6.07, 6.45) is 3.51. The third-order valence-corrected chi connectivity index (χ3v) is 5.61. The van der Waals surface area contributed by atoms with Gasteiger partial charge in [0.1, 0.15) is 0 Å². The van der Waals surface area contributed by atoms with Crippen molar-refractivity contribution in [1.29, 1.82) is 0 Å². The first-order chi connectivity index (χ1) is 13.6. The first-order valence-corrected chi connectivity index (χ1v) is 10.1. The third kappa shape index (κ3) is 3.94. The Balaban J connectivity index is 1.41. The minimum Gasteiger partial charge on any atom is -0.302 e. The molecule has 28 heavy (non-hydrogen) atoms. The summed E-state index contributed by atoms with van der Waals surface area (Å²) in [7, 11) is 3.70. The number of para-hydroxylation sites is 1. The summed E-state index contributed by atoms with van der Waals surface area (Å²) in [6, 6.07) is 18.7. The Kier molecular flexibility index (Phi) is 5.44. The van der Waals surface area contributed by atoms with Gasteiger partial charge in [-0.3, -0.25) is 14.6 Å². The van der Waals surface area contributed by atoms with E-state index in [0.29, 0.717) is 12.4 Å². The van der Waals surface area contributed by atoms with E-state index >= 15 is 0 Å². The summed E-state index contributed by atoms with van der Waals surface area (Å²) >= 11 is 0. The molecule has 146 valence electrons. The van der Waals surface area contributed by atoms with E-state index in [-0.39, 0.29) is 5.91 Å². The van der Waals surface area contributed by atoms with Crippen LogP contribution in [-0.4, -0.2) is 55.4 Å². The molecule has 0 radical (unpaired) electrons. The minimum atomic E-state index is 0.00121. The highest BCUT2D eigenvalue weighted by molar-refractivity contribution is 6.54. The van der Waals surface area contributed by atoms with Crippen molar-refractivity contribution in [2.24, 2.45) is 11.0 Å². The molecule has 0 aliphatic carbocycles. The fourth-order valence-corrected chi connectivity index (χ4v) is 4.18. The van der Waals surface area contributed by atoms with Crippen LogP contribution in [-0.2, 0) is 11.2 Å². The lowest BCUT2D eigenvalue weighted by Crippen LogP contribution is -2.44. The summed E-state index contributed by atoms with van der Waals surface area (Å²) in [4.78, 5) is 17.3. The highest BCUT2D eigenvalue weighted by atomic mass is 16.2. The Morgan fingerprint density at radius 1 is 1.00 bits per heavy atom. The smallest absolute Gasteiger partial charge is 0.280 e. The van der Waals surface area contributed by atoms with Crippen molar-refractivity contribution < 1.29 is 4.79 Å². The molecule has 2 aromatic carbocycles. The van der Waals surface area contributed by atoms with Crippen LogP contribution in [0.2, 0.25) is 0 Å². The molecule has 0 aromatic heterocycles. The zero-order valence-corrected chi connectivity index (χ0v) is 16.7. The summed E-state index contributed by atoms with van der Waals surface area (Å²) in [5.41, 5.74) is 3.87. The highest BCUT2D eigenvalue weighted by Gasteiger charge is 2.35. The molecule has 0 spiro atoms. The molecule has 2 aliphatic heterocycles. The Morgan fingerprint density at radius 3 is 2.39 bits per heavy atom. The second-order valence-electron chi connectivity index (χ2n) is 7.94. The Bertz CT molecular complexity index is 854. The molecule has 2 aromatic rings. The van der Waals surface area contributed by atoms with Crippen molar-refractivity contribution in [1.82, 2.24) is 9.91 Å². The van der Waals surface area contributed by atoms with E-state index in [9.17, 15) is 4.79 Å². The maximum Gasteiger partial charge on any atom is 0.280 e. The number of carbonyl (C=O) groups excluding carboxylic acids is 1. The Morgan fingerprint density at radius 2 is 1.68 bits per heavy atom. The first-order valence-electron chi connectivity index (χ1n) is 10.1. The maximum atomic E-state index is 13.0. The van der Waals surface area contributed by atoms with Crippen LogP contribution < -0.4 is 4.90 Å². The lowest BCUT2D eigenvalue weighted by molar-refractivity contribution is -0.112. The van der Waals surface area contributed by atoms with Crippen molar-refractivity contribution >= 4 is 17.3 Å². The van der Waals surface area contributed by atoms with Gasteiger partial charge < -0.3 is 5.01 Å². The SMILES string of the molecule is CN(C)N=C1C(=O)N(CN2CCC(Cc3ccccc3)CC2)c2ccccc21. The molecule has 1 fully saturated rings. The molecule has 1 amide bonds. The molecule has 4 rings (SSSR count). The van der Waals surface area contributed by atoms with E-state index < -0.39 is 0 Å². The van der Waals surface area contributed by atoms with Crippen molar-refractivity contribution in [3.05, 3.63) is 65.7 Å². The number of hydrogen-bond acceptors (Lipinski definition) is 4. The van der Waals surface area contributed by atoms with Crippen molar-refractivity contribution in [2.45, 2.75) is 19.3 Å². The largest absolute Gasteiger partial charge is 0.302 e. The quantitative estimate of drug-likeness (QED) is 0.752. The van der Waals surface area contributed by atoms with E-state index in [1.165, 1.54) is 18.4 Å². The van der Waals surface area contributed by atoms with E-state index in [0.717, 1.165) is 36.7 Å². The van der Waals surface area contributed by atoms with Gasteiger partial charge in [-0.25, -0.2) is 0 Å². The summed E-state index contributed by atoms with van der Waals surface area (Å²) in [5.74, 6) is 0.729. The zero-order valence-electron chi connectivity index (χ0n) is 16.7. The van der Waals surface area contributed by atoms with Gasteiger partial charge in [0.05, 0.1) is 12.4 Å². The summed E-state index contributed by atoms with van der Waals surface area (Å²) < 4.78 is 0. The molecule has 5 nitrogen and oxygen atoms in total. The van der Waals surface area contributed by atoms with Gasteiger partial charge in [0.15, 0.2) is 5.71 Å². The van der Waals surface area contributed by atoms with E-state index in [4.69, 9.17) is 0 Å². The first kappa shape index (κ1) is 18.7. The summed E-state index contributed by atoms with van der Waals surface area (Å²) in [5, 5.41) is 6.14. The molecule has 2 aliphatic rings. The average Bonchev–Trinajstić information content (AvgIpc) is 2.96. The van der Waals surface area contributed by atoms with Gasteiger partial charge >= 0.3 is 0 Å². The lowest BCUT2D eigenvalue weighted by atomic mass is 9.90. The van der Waals surface area contributed by atoms with Gasteiger partial charge in [0, 0.05) is 32.7 Å². The van der Waals surface area contributed by atoms with Crippen LogP contribution in [0.15, 0.2) is 59.7 Å². The number of anilines is 1. The van der Waals surface area contributed by atoms with Crippen LogP contribution in [0.3, 0.4) is 0 Å². The molecule has 0 atom stereocenters. The van der Waals surface area contributed by atoms with Gasteiger partial charge in [-0.1, -0.05) is 48.5 Å². The van der Waals surface area contributed by atoms with Gasteiger partial charge in [-0.2, -0.15) is 5.10 Å².